The van der Waals surface area contributed by atoms with E-state index in [1.165, 1.54) is 0 Å². The first-order valence-corrected chi connectivity index (χ1v) is 7.82. The number of nitro groups is 1. The molecule has 10 heteroatoms. The van der Waals surface area contributed by atoms with Crippen LogP contribution in [0, 0.1) is 21.8 Å². The third-order valence-corrected chi connectivity index (χ3v) is 4.34. The third kappa shape index (κ3) is 5.16. The van der Waals surface area contributed by atoms with Gasteiger partial charge in [0.15, 0.2) is 4.90 Å². The summed E-state index contributed by atoms with van der Waals surface area (Å²) in [6.07, 6.45) is 0.471. The van der Waals surface area contributed by atoms with Crippen molar-refractivity contribution in [2.75, 3.05) is 6.54 Å². The highest BCUT2D eigenvalue weighted by molar-refractivity contribution is 7.89. The average Bonchev–Trinajstić information content (AvgIpc) is 2.36. The zero-order chi connectivity index (χ0) is 16.2. The Balaban J connectivity index is 0.00000441. The number of nitrogens with one attached hydrogen (secondary N) is 1. The Hall–Kier alpha value is -1.29. The van der Waals surface area contributed by atoms with Gasteiger partial charge < -0.3 is 5.73 Å². The summed E-state index contributed by atoms with van der Waals surface area (Å²) in [7, 11) is -4.23. The largest absolute Gasteiger partial charge is 0.329 e. The van der Waals surface area contributed by atoms with E-state index in [0.29, 0.717) is 6.42 Å². The molecule has 0 aliphatic carbocycles. The van der Waals surface area contributed by atoms with Crippen LogP contribution < -0.4 is 10.5 Å². The molecule has 1 rings (SSSR count). The molecule has 0 bridgehead atoms. The number of halogens is 2. The molecule has 0 amide bonds. The van der Waals surface area contributed by atoms with Crippen LogP contribution in [0.4, 0.5) is 10.1 Å². The van der Waals surface area contributed by atoms with Gasteiger partial charge >= 0.3 is 5.69 Å². The predicted octanol–water partition coefficient (Wildman–Crippen LogP) is 1.81. The van der Waals surface area contributed by atoms with E-state index in [1.54, 1.807) is 0 Å². The van der Waals surface area contributed by atoms with Crippen molar-refractivity contribution >= 4 is 28.1 Å². The quantitative estimate of drug-likeness (QED) is 0.571. The maximum absolute atomic E-state index is 13.5. The normalized spacial score (nSPS) is 12.8. The molecular weight excluding hydrogens is 337 g/mol. The van der Waals surface area contributed by atoms with Gasteiger partial charge in [0.2, 0.25) is 15.8 Å². The minimum Gasteiger partial charge on any atom is -0.329 e. The lowest BCUT2D eigenvalue weighted by molar-refractivity contribution is -0.390. The van der Waals surface area contributed by atoms with Gasteiger partial charge in [0.1, 0.15) is 0 Å². The molecule has 0 radical (unpaired) electrons. The first-order valence-electron chi connectivity index (χ1n) is 6.34. The van der Waals surface area contributed by atoms with Crippen molar-refractivity contribution in [1.82, 2.24) is 4.72 Å². The van der Waals surface area contributed by atoms with Gasteiger partial charge in [0.05, 0.1) is 4.92 Å². The van der Waals surface area contributed by atoms with E-state index < -0.39 is 37.4 Å². The van der Waals surface area contributed by atoms with Crippen LogP contribution >= 0.6 is 12.4 Å². The Morgan fingerprint density at radius 1 is 1.41 bits per heavy atom. The molecule has 0 aliphatic rings. The van der Waals surface area contributed by atoms with Gasteiger partial charge in [-0.1, -0.05) is 19.9 Å². The highest BCUT2D eigenvalue weighted by Crippen LogP contribution is 2.26. The molecule has 7 nitrogen and oxygen atoms in total. The van der Waals surface area contributed by atoms with E-state index in [1.807, 2.05) is 13.8 Å². The van der Waals surface area contributed by atoms with Crippen LogP contribution in [0.5, 0.6) is 0 Å². The van der Waals surface area contributed by atoms with Gasteiger partial charge in [-0.25, -0.2) is 13.1 Å². The van der Waals surface area contributed by atoms with Crippen LogP contribution in [0.1, 0.15) is 20.3 Å². The molecule has 1 atom stereocenters. The molecule has 22 heavy (non-hydrogen) atoms. The van der Waals surface area contributed by atoms with Crippen LogP contribution in [0.15, 0.2) is 23.1 Å². The summed E-state index contributed by atoms with van der Waals surface area (Å²) in [5, 5.41) is 10.9. The van der Waals surface area contributed by atoms with Gasteiger partial charge in [-0.15, -0.1) is 12.4 Å². The smallest absolute Gasteiger partial charge is 0.324 e. The minimum atomic E-state index is -4.23. The second-order valence-corrected chi connectivity index (χ2v) is 6.71. The lowest BCUT2D eigenvalue weighted by Gasteiger charge is -2.18. The fraction of sp³-hybridized carbons (Fsp3) is 0.500. The van der Waals surface area contributed by atoms with Gasteiger partial charge in [0.25, 0.3) is 0 Å². The zero-order valence-electron chi connectivity index (χ0n) is 12.2. The first-order chi connectivity index (χ1) is 9.69. The van der Waals surface area contributed by atoms with Crippen molar-refractivity contribution in [3.8, 4) is 0 Å². The number of rotatable bonds is 7. The van der Waals surface area contributed by atoms with Crippen molar-refractivity contribution in [2.45, 2.75) is 31.2 Å². The molecule has 0 heterocycles. The number of hydrogen-bond donors (Lipinski definition) is 2. The van der Waals surface area contributed by atoms with Crippen molar-refractivity contribution in [3.05, 3.63) is 34.1 Å². The molecule has 0 saturated heterocycles. The third-order valence-electron chi connectivity index (χ3n) is 2.78. The molecule has 126 valence electrons. The number of para-hydroxylation sites is 1. The van der Waals surface area contributed by atoms with Gasteiger partial charge in [0, 0.05) is 12.6 Å². The lowest BCUT2D eigenvalue weighted by atomic mass is 10.1. The average molecular weight is 356 g/mol. The maximum Gasteiger partial charge on any atom is 0.324 e. The van der Waals surface area contributed by atoms with Crippen molar-refractivity contribution in [1.29, 1.82) is 0 Å². The second-order valence-electron chi connectivity index (χ2n) is 5.03. The SMILES string of the molecule is CC(C)CC(CN)NS(=O)(=O)c1cccc(F)c1[N+](=O)[O-].Cl. The molecule has 0 aliphatic heterocycles. The van der Waals surface area contributed by atoms with Crippen LogP contribution in [-0.2, 0) is 10.0 Å². The Labute approximate surface area is 134 Å². The Bertz CT molecular complexity index is 625. The summed E-state index contributed by atoms with van der Waals surface area (Å²) in [5.74, 6) is -1.01. The van der Waals surface area contributed by atoms with Crippen LogP contribution in [0.25, 0.3) is 0 Å². The molecule has 1 aromatic rings. The molecular formula is C12H19ClFN3O4S. The number of nitro benzene ring substituents is 1. The highest BCUT2D eigenvalue weighted by atomic mass is 35.5. The van der Waals surface area contributed by atoms with Gasteiger partial charge in [-0.3, -0.25) is 10.1 Å². The molecule has 3 N–H and O–H groups in total. The molecule has 1 aromatic carbocycles. The minimum absolute atomic E-state index is 0. The Kier molecular flexibility index (Phi) is 7.88. The summed E-state index contributed by atoms with van der Waals surface area (Å²) in [5.41, 5.74) is 4.43. The summed E-state index contributed by atoms with van der Waals surface area (Å²) < 4.78 is 40.2. The van der Waals surface area contributed by atoms with Crippen LogP contribution in [-0.4, -0.2) is 25.9 Å². The molecule has 0 aromatic heterocycles. The lowest BCUT2D eigenvalue weighted by Crippen LogP contribution is -2.41. The Morgan fingerprint density at radius 2 is 2.00 bits per heavy atom. The summed E-state index contributed by atoms with van der Waals surface area (Å²) in [6.45, 7) is 3.82. The zero-order valence-corrected chi connectivity index (χ0v) is 13.8. The molecule has 1 unspecified atom stereocenters. The van der Waals surface area contributed by atoms with E-state index in [4.69, 9.17) is 5.73 Å². The number of benzene rings is 1. The fourth-order valence-electron chi connectivity index (χ4n) is 1.93. The second kappa shape index (κ2) is 8.37. The molecule has 0 fully saturated rings. The highest BCUT2D eigenvalue weighted by Gasteiger charge is 2.30. The first kappa shape index (κ1) is 20.7. The maximum atomic E-state index is 13.5. The summed E-state index contributed by atoms with van der Waals surface area (Å²) in [4.78, 5) is 9.12. The predicted molar refractivity (Wildman–Crippen MR) is 82.9 cm³/mol. The van der Waals surface area contributed by atoms with Crippen LogP contribution in [0.2, 0.25) is 0 Å². The monoisotopic (exact) mass is 355 g/mol. The number of nitrogens with zero attached hydrogens (tertiary/aromatic N) is 1. The van der Waals surface area contributed by atoms with Crippen LogP contribution in [0.3, 0.4) is 0 Å². The number of hydrogen-bond acceptors (Lipinski definition) is 5. The number of nitrogens with two attached hydrogens (primary N) is 1. The fourth-order valence-corrected chi connectivity index (χ4v) is 3.38. The van der Waals surface area contributed by atoms with Crippen molar-refractivity contribution in [2.24, 2.45) is 11.7 Å². The van der Waals surface area contributed by atoms with Crippen molar-refractivity contribution < 1.29 is 17.7 Å². The standard InChI is InChI=1S/C12H18FN3O4S.ClH/c1-8(2)6-9(7-14)15-21(19,20)11-5-3-4-10(13)12(11)16(17)18;/h3-5,8-9,15H,6-7,14H2,1-2H3;1H. The van der Waals surface area contributed by atoms with E-state index in [9.17, 15) is 22.9 Å². The topological polar surface area (TPSA) is 115 Å². The molecule has 0 spiro atoms. The van der Waals surface area contributed by atoms with E-state index in [-0.39, 0.29) is 24.9 Å². The van der Waals surface area contributed by atoms with Gasteiger partial charge in [-0.05, 0) is 24.5 Å². The summed E-state index contributed by atoms with van der Waals surface area (Å²) >= 11 is 0. The summed E-state index contributed by atoms with van der Waals surface area (Å²) in [6, 6.07) is 2.37. The van der Waals surface area contributed by atoms with E-state index in [2.05, 4.69) is 4.72 Å². The van der Waals surface area contributed by atoms with Crippen molar-refractivity contribution in [3.63, 3.8) is 0 Å². The molecule has 0 saturated carbocycles. The number of sulfonamides is 1. The van der Waals surface area contributed by atoms with Gasteiger partial charge in [-0.2, -0.15) is 4.39 Å². The van der Waals surface area contributed by atoms with E-state index in [0.717, 1.165) is 18.2 Å². The van der Waals surface area contributed by atoms with E-state index >= 15 is 0 Å². The Morgan fingerprint density at radius 3 is 2.45 bits per heavy atom.